The first-order valence-electron chi connectivity index (χ1n) is 10.6. The van der Waals surface area contributed by atoms with Crippen molar-refractivity contribution in [3.05, 3.63) is 35.4 Å². The Labute approximate surface area is 183 Å². The van der Waals surface area contributed by atoms with Gasteiger partial charge < -0.3 is 15.1 Å². The summed E-state index contributed by atoms with van der Waals surface area (Å²) in [6, 6.07) is 7.35. The zero-order valence-corrected chi connectivity index (χ0v) is 19.2. The van der Waals surface area contributed by atoms with Gasteiger partial charge in [0.05, 0.1) is 24.0 Å². The molecule has 0 aromatic heterocycles. The molecule has 2 aliphatic rings. The first kappa shape index (κ1) is 23.2. The van der Waals surface area contributed by atoms with E-state index in [0.717, 1.165) is 5.56 Å². The van der Waals surface area contributed by atoms with Gasteiger partial charge in [-0.15, -0.1) is 0 Å². The van der Waals surface area contributed by atoms with Crippen LogP contribution >= 0.6 is 0 Å². The van der Waals surface area contributed by atoms with Gasteiger partial charge in [0.2, 0.25) is 11.8 Å². The highest BCUT2D eigenvalue weighted by Crippen LogP contribution is 2.23. The number of carbonyl (C=O) groups is 3. The second-order valence-corrected chi connectivity index (χ2v) is 11.5. The molecule has 2 heterocycles. The summed E-state index contributed by atoms with van der Waals surface area (Å²) in [5.41, 5.74) is 1.63. The molecule has 3 amide bonds. The maximum Gasteiger partial charge on any atom is 0.251 e. The maximum absolute atomic E-state index is 12.5. The summed E-state index contributed by atoms with van der Waals surface area (Å²) < 4.78 is 23.2. The zero-order chi connectivity index (χ0) is 22.8. The van der Waals surface area contributed by atoms with Gasteiger partial charge in [-0.3, -0.25) is 14.4 Å². The fraction of sp³-hybridized carbons (Fsp3) is 0.591. The number of nitrogens with zero attached hydrogens (tertiary/aromatic N) is 2. The minimum atomic E-state index is -3.10. The average molecular weight is 450 g/mol. The summed E-state index contributed by atoms with van der Waals surface area (Å²) in [4.78, 5) is 40.6. The van der Waals surface area contributed by atoms with Crippen molar-refractivity contribution < 1.29 is 22.8 Å². The number of benzene rings is 1. The van der Waals surface area contributed by atoms with Crippen molar-refractivity contribution in [2.75, 3.05) is 44.2 Å². The Morgan fingerprint density at radius 2 is 1.58 bits per heavy atom. The van der Waals surface area contributed by atoms with Crippen LogP contribution in [0.5, 0.6) is 0 Å². The first-order valence-corrected chi connectivity index (χ1v) is 12.4. The van der Waals surface area contributed by atoms with Crippen molar-refractivity contribution in [2.24, 2.45) is 5.92 Å². The van der Waals surface area contributed by atoms with Crippen LogP contribution in [0.15, 0.2) is 24.3 Å². The van der Waals surface area contributed by atoms with Crippen LogP contribution in [-0.4, -0.2) is 80.2 Å². The molecular formula is C22H31N3O5S. The number of nitrogens with one attached hydrogen (secondary N) is 1. The third kappa shape index (κ3) is 5.84. The smallest absolute Gasteiger partial charge is 0.251 e. The topological polar surface area (TPSA) is 104 Å². The van der Waals surface area contributed by atoms with E-state index in [-0.39, 0.29) is 41.2 Å². The molecule has 8 nitrogen and oxygen atoms in total. The summed E-state index contributed by atoms with van der Waals surface area (Å²) in [6.07, 6.45) is 0.378. The van der Waals surface area contributed by atoms with Crippen LogP contribution in [0, 0.1) is 5.92 Å². The normalized spacial score (nSPS) is 21.1. The quantitative estimate of drug-likeness (QED) is 0.733. The number of rotatable bonds is 4. The van der Waals surface area contributed by atoms with Gasteiger partial charge >= 0.3 is 0 Å². The molecule has 0 spiro atoms. The van der Waals surface area contributed by atoms with Gasteiger partial charge in [-0.1, -0.05) is 32.9 Å². The Hall–Kier alpha value is -2.42. The number of carbonyl (C=O) groups excluding carboxylic acids is 3. The van der Waals surface area contributed by atoms with Crippen molar-refractivity contribution >= 4 is 27.6 Å². The molecule has 9 heteroatoms. The molecular weight excluding hydrogens is 418 g/mol. The third-order valence-electron chi connectivity index (χ3n) is 5.94. The van der Waals surface area contributed by atoms with E-state index in [1.807, 2.05) is 12.1 Å². The number of hydrogen-bond acceptors (Lipinski definition) is 5. The summed E-state index contributed by atoms with van der Waals surface area (Å²) in [6.45, 7) is 7.71. The van der Waals surface area contributed by atoms with Crippen LogP contribution in [0.2, 0.25) is 0 Å². The van der Waals surface area contributed by atoms with E-state index in [1.165, 1.54) is 0 Å². The first-order chi connectivity index (χ1) is 14.5. The summed E-state index contributed by atoms with van der Waals surface area (Å²) in [5, 5.41) is 2.66. The van der Waals surface area contributed by atoms with Crippen molar-refractivity contribution in [3.63, 3.8) is 0 Å². The fourth-order valence-electron chi connectivity index (χ4n) is 3.92. The second kappa shape index (κ2) is 8.98. The van der Waals surface area contributed by atoms with Gasteiger partial charge in [0.1, 0.15) is 0 Å². The van der Waals surface area contributed by atoms with Crippen molar-refractivity contribution in [3.8, 4) is 0 Å². The predicted octanol–water partition coefficient (Wildman–Crippen LogP) is 0.819. The Kier molecular flexibility index (Phi) is 6.73. The molecule has 31 heavy (non-hydrogen) atoms. The molecule has 0 saturated carbocycles. The molecule has 2 saturated heterocycles. The highest BCUT2D eigenvalue weighted by molar-refractivity contribution is 7.91. The molecule has 0 aliphatic carbocycles. The Morgan fingerprint density at radius 3 is 2.10 bits per heavy atom. The summed E-state index contributed by atoms with van der Waals surface area (Å²) in [5.74, 6) is -1.11. The minimum Gasteiger partial charge on any atom is -0.343 e. The molecule has 2 aliphatic heterocycles. The fourth-order valence-corrected chi connectivity index (χ4v) is 5.65. The lowest BCUT2D eigenvalue weighted by atomic mass is 9.87. The van der Waals surface area contributed by atoms with E-state index in [9.17, 15) is 22.8 Å². The minimum absolute atomic E-state index is 0.000516. The predicted molar refractivity (Wildman–Crippen MR) is 117 cm³/mol. The van der Waals surface area contributed by atoms with Crippen molar-refractivity contribution in [2.45, 2.75) is 32.6 Å². The van der Waals surface area contributed by atoms with E-state index in [1.54, 1.807) is 21.9 Å². The van der Waals surface area contributed by atoms with E-state index in [4.69, 9.17) is 0 Å². The van der Waals surface area contributed by atoms with Crippen LogP contribution in [0.25, 0.3) is 0 Å². The SMILES string of the molecule is CC(C)(C)c1ccc(C(=O)NCC(=O)N2CCN(C(=O)C3CCS(=O)(=O)C3)CC2)cc1. The van der Waals surface area contributed by atoms with Gasteiger partial charge in [0, 0.05) is 31.7 Å². The maximum atomic E-state index is 12.5. The Bertz CT molecular complexity index is 942. The van der Waals surface area contributed by atoms with E-state index in [2.05, 4.69) is 26.1 Å². The summed E-state index contributed by atoms with van der Waals surface area (Å²) >= 11 is 0. The van der Waals surface area contributed by atoms with E-state index >= 15 is 0 Å². The molecule has 1 unspecified atom stereocenters. The average Bonchev–Trinajstić information content (AvgIpc) is 3.10. The van der Waals surface area contributed by atoms with Crippen LogP contribution in [0.3, 0.4) is 0 Å². The lowest BCUT2D eigenvalue weighted by Crippen LogP contribution is -2.53. The highest BCUT2D eigenvalue weighted by Gasteiger charge is 2.36. The molecule has 0 radical (unpaired) electrons. The van der Waals surface area contributed by atoms with Crippen LogP contribution < -0.4 is 5.32 Å². The lowest BCUT2D eigenvalue weighted by Gasteiger charge is -2.35. The molecule has 1 aromatic rings. The Balaban J connectivity index is 1.45. The van der Waals surface area contributed by atoms with E-state index in [0.29, 0.717) is 38.2 Å². The van der Waals surface area contributed by atoms with Crippen LogP contribution in [0.4, 0.5) is 0 Å². The second-order valence-electron chi connectivity index (χ2n) is 9.32. The van der Waals surface area contributed by atoms with Gasteiger partial charge in [0.25, 0.3) is 5.91 Å². The largest absolute Gasteiger partial charge is 0.343 e. The summed E-state index contributed by atoms with van der Waals surface area (Å²) in [7, 11) is -3.10. The van der Waals surface area contributed by atoms with Gasteiger partial charge in [-0.2, -0.15) is 0 Å². The number of sulfone groups is 1. The van der Waals surface area contributed by atoms with Crippen molar-refractivity contribution in [1.29, 1.82) is 0 Å². The van der Waals surface area contributed by atoms with Gasteiger partial charge in [0.15, 0.2) is 9.84 Å². The lowest BCUT2D eigenvalue weighted by molar-refractivity contribution is -0.141. The number of amides is 3. The van der Waals surface area contributed by atoms with Gasteiger partial charge in [-0.05, 0) is 29.5 Å². The number of piperazine rings is 1. The monoisotopic (exact) mass is 449 g/mol. The van der Waals surface area contributed by atoms with Gasteiger partial charge in [-0.25, -0.2) is 8.42 Å². The molecule has 1 aromatic carbocycles. The van der Waals surface area contributed by atoms with E-state index < -0.39 is 15.8 Å². The van der Waals surface area contributed by atoms with Crippen LogP contribution in [0.1, 0.15) is 43.1 Å². The molecule has 2 fully saturated rings. The molecule has 0 bridgehead atoms. The molecule has 170 valence electrons. The zero-order valence-electron chi connectivity index (χ0n) is 18.4. The Morgan fingerprint density at radius 1 is 1.00 bits per heavy atom. The standard InChI is InChI=1S/C22H31N3O5S/c1-22(2,3)18-6-4-16(5-7-18)20(27)23-14-19(26)24-9-11-25(12-10-24)21(28)17-8-13-31(29,30)15-17/h4-7,17H,8-15H2,1-3H3,(H,23,27). The van der Waals surface area contributed by atoms with Crippen molar-refractivity contribution in [1.82, 2.24) is 15.1 Å². The molecule has 1 N–H and O–H groups in total. The third-order valence-corrected chi connectivity index (χ3v) is 7.71. The number of hydrogen-bond donors (Lipinski definition) is 1. The van der Waals surface area contributed by atoms with Crippen LogP contribution in [-0.2, 0) is 24.8 Å². The highest BCUT2D eigenvalue weighted by atomic mass is 32.2. The molecule has 3 rings (SSSR count). The molecule has 1 atom stereocenters.